The molecule has 0 radical (unpaired) electrons. The van der Waals surface area contributed by atoms with Gasteiger partial charge in [0.05, 0.1) is 19.1 Å². The van der Waals surface area contributed by atoms with Crippen LogP contribution in [0.3, 0.4) is 0 Å². The van der Waals surface area contributed by atoms with Crippen LogP contribution in [0.5, 0.6) is 11.5 Å². The van der Waals surface area contributed by atoms with Gasteiger partial charge in [-0.15, -0.1) is 0 Å². The van der Waals surface area contributed by atoms with Crippen LogP contribution in [0.4, 0.5) is 5.69 Å². The molecular formula is C19H22N2O5S. The molecule has 1 N–H and O–H groups in total. The molecule has 2 aromatic rings. The number of ether oxygens (including phenoxy) is 2. The normalized spacial score (nSPS) is 11.6. The minimum atomic E-state index is -3.50. The number of nitrogens with zero attached hydrogens (tertiary/aromatic N) is 1. The van der Waals surface area contributed by atoms with Crippen LogP contribution in [0, 0.1) is 0 Å². The zero-order chi connectivity index (χ0) is 20.0. The third-order valence-corrected chi connectivity index (χ3v) is 5.58. The molecule has 0 saturated heterocycles. The van der Waals surface area contributed by atoms with Crippen LogP contribution >= 0.6 is 0 Å². The second kappa shape index (κ2) is 8.70. The van der Waals surface area contributed by atoms with Crippen molar-refractivity contribution in [2.75, 3.05) is 33.6 Å². The number of nitrogens with one attached hydrogen (secondary N) is 1. The molecule has 27 heavy (non-hydrogen) atoms. The highest BCUT2D eigenvalue weighted by atomic mass is 32.2. The van der Waals surface area contributed by atoms with Crippen LogP contribution in [-0.2, 0) is 14.8 Å². The number of para-hydroxylation sites is 1. The lowest BCUT2D eigenvalue weighted by Crippen LogP contribution is -2.22. The van der Waals surface area contributed by atoms with E-state index >= 15 is 0 Å². The number of hydrogen-bond donors (Lipinski definition) is 1. The number of rotatable bonds is 7. The summed E-state index contributed by atoms with van der Waals surface area (Å²) in [4.78, 5) is 12.3. The number of carbonyl (C=O) groups excluding carboxylic acids is 1. The molecule has 0 fully saturated rings. The summed E-state index contributed by atoms with van der Waals surface area (Å²) in [7, 11) is 2.49. The van der Waals surface area contributed by atoms with Gasteiger partial charge in [0, 0.05) is 31.4 Å². The molecule has 0 saturated carbocycles. The van der Waals surface area contributed by atoms with Gasteiger partial charge >= 0.3 is 0 Å². The summed E-state index contributed by atoms with van der Waals surface area (Å²) in [5, 5.41) is 2.68. The van der Waals surface area contributed by atoms with Crippen molar-refractivity contribution in [3.8, 4) is 11.5 Å². The Labute approximate surface area is 159 Å². The lowest BCUT2D eigenvalue weighted by atomic mass is 10.1. The minimum absolute atomic E-state index is 0.155. The summed E-state index contributed by atoms with van der Waals surface area (Å²) in [5.41, 5.74) is 1.18. The van der Waals surface area contributed by atoms with Crippen molar-refractivity contribution in [2.24, 2.45) is 0 Å². The Kier molecular flexibility index (Phi) is 6.59. The zero-order valence-electron chi connectivity index (χ0n) is 15.6. The highest BCUT2D eigenvalue weighted by Gasteiger charge is 2.16. The monoisotopic (exact) mass is 390 g/mol. The van der Waals surface area contributed by atoms with Gasteiger partial charge in [-0.2, -0.15) is 0 Å². The standard InChI is InChI=1S/C19H22N2O5S/c1-21(2)27(23,24)16-11-9-15(10-12-16)20-18(22)13-8-14-6-5-7-17(25-3)19(14)26-4/h5-13H,1-4H3,(H,20,22)/b13-8+. The number of amides is 1. The average molecular weight is 390 g/mol. The molecule has 0 atom stereocenters. The molecule has 8 heteroatoms. The van der Waals surface area contributed by atoms with E-state index in [0.29, 0.717) is 22.7 Å². The number of anilines is 1. The van der Waals surface area contributed by atoms with E-state index in [-0.39, 0.29) is 10.8 Å². The maximum absolute atomic E-state index is 12.1. The first-order chi connectivity index (χ1) is 12.8. The molecule has 144 valence electrons. The molecular weight excluding hydrogens is 368 g/mol. The smallest absolute Gasteiger partial charge is 0.248 e. The topological polar surface area (TPSA) is 84.9 Å². The molecule has 2 rings (SSSR count). The first kappa shape index (κ1) is 20.5. The Morgan fingerprint density at radius 1 is 1.04 bits per heavy atom. The summed E-state index contributed by atoms with van der Waals surface area (Å²) in [5.74, 6) is 0.739. The van der Waals surface area contributed by atoms with E-state index in [2.05, 4.69) is 5.32 Å². The lowest BCUT2D eigenvalue weighted by molar-refractivity contribution is -0.111. The molecule has 0 bridgehead atoms. The Balaban J connectivity index is 2.12. The van der Waals surface area contributed by atoms with Crippen molar-refractivity contribution in [3.63, 3.8) is 0 Å². The molecule has 0 aliphatic rings. The predicted molar refractivity (Wildman–Crippen MR) is 105 cm³/mol. The third-order valence-electron chi connectivity index (χ3n) is 3.75. The molecule has 0 unspecified atom stereocenters. The first-order valence-electron chi connectivity index (χ1n) is 8.02. The molecule has 2 aromatic carbocycles. The quantitative estimate of drug-likeness (QED) is 0.735. The summed E-state index contributed by atoms with van der Waals surface area (Å²) < 4.78 is 35.8. The SMILES string of the molecule is COc1cccc(/C=C/C(=O)Nc2ccc(S(=O)(=O)N(C)C)cc2)c1OC. The highest BCUT2D eigenvalue weighted by molar-refractivity contribution is 7.89. The Hall–Kier alpha value is -2.84. The second-order valence-electron chi connectivity index (χ2n) is 5.72. The second-order valence-corrected chi connectivity index (χ2v) is 7.87. The predicted octanol–water partition coefficient (Wildman–Crippen LogP) is 2.61. The molecule has 0 aromatic heterocycles. The fourth-order valence-corrected chi connectivity index (χ4v) is 3.22. The van der Waals surface area contributed by atoms with Crippen LogP contribution < -0.4 is 14.8 Å². The number of sulfonamides is 1. The van der Waals surface area contributed by atoms with Crippen LogP contribution in [0.15, 0.2) is 53.4 Å². The van der Waals surface area contributed by atoms with Gasteiger partial charge in [-0.05, 0) is 36.4 Å². The molecule has 1 amide bonds. The minimum Gasteiger partial charge on any atom is -0.493 e. The van der Waals surface area contributed by atoms with Crippen LogP contribution in [0.1, 0.15) is 5.56 Å². The van der Waals surface area contributed by atoms with Gasteiger partial charge in [0.15, 0.2) is 11.5 Å². The van der Waals surface area contributed by atoms with Crippen molar-refractivity contribution in [2.45, 2.75) is 4.90 Å². The third kappa shape index (κ3) is 4.87. The van der Waals surface area contributed by atoms with Gasteiger partial charge < -0.3 is 14.8 Å². The van der Waals surface area contributed by atoms with Gasteiger partial charge in [-0.3, -0.25) is 4.79 Å². The molecule has 0 aliphatic heterocycles. The van der Waals surface area contributed by atoms with Gasteiger partial charge in [-0.25, -0.2) is 12.7 Å². The summed E-state index contributed by atoms with van der Waals surface area (Å²) in [6.45, 7) is 0. The van der Waals surface area contributed by atoms with Crippen molar-refractivity contribution in [3.05, 3.63) is 54.1 Å². The molecule has 0 heterocycles. The zero-order valence-corrected chi connectivity index (χ0v) is 16.4. The van der Waals surface area contributed by atoms with Crippen LogP contribution in [0.25, 0.3) is 6.08 Å². The summed E-state index contributed by atoms with van der Waals surface area (Å²) >= 11 is 0. The number of hydrogen-bond acceptors (Lipinski definition) is 5. The fourth-order valence-electron chi connectivity index (χ4n) is 2.31. The summed E-state index contributed by atoms with van der Waals surface area (Å²) in [6.07, 6.45) is 2.98. The lowest BCUT2D eigenvalue weighted by Gasteiger charge is -2.11. The Morgan fingerprint density at radius 3 is 2.26 bits per heavy atom. The van der Waals surface area contributed by atoms with Crippen molar-refractivity contribution < 1.29 is 22.7 Å². The van der Waals surface area contributed by atoms with Crippen LogP contribution in [-0.4, -0.2) is 46.9 Å². The van der Waals surface area contributed by atoms with Crippen molar-refractivity contribution in [1.29, 1.82) is 0 Å². The first-order valence-corrected chi connectivity index (χ1v) is 9.46. The van der Waals surface area contributed by atoms with E-state index in [1.165, 1.54) is 58.7 Å². The van der Waals surface area contributed by atoms with Gasteiger partial charge in [0.1, 0.15) is 0 Å². The number of methoxy groups -OCH3 is 2. The Bertz CT molecular complexity index is 935. The van der Waals surface area contributed by atoms with Crippen LogP contribution in [0.2, 0.25) is 0 Å². The van der Waals surface area contributed by atoms with Gasteiger partial charge in [0.25, 0.3) is 0 Å². The van der Waals surface area contributed by atoms with E-state index in [0.717, 1.165) is 4.31 Å². The number of carbonyl (C=O) groups is 1. The van der Waals surface area contributed by atoms with E-state index in [9.17, 15) is 13.2 Å². The van der Waals surface area contributed by atoms with E-state index in [1.54, 1.807) is 24.3 Å². The van der Waals surface area contributed by atoms with Gasteiger partial charge in [0.2, 0.25) is 15.9 Å². The molecule has 7 nitrogen and oxygen atoms in total. The van der Waals surface area contributed by atoms with Crippen molar-refractivity contribution >= 4 is 27.7 Å². The highest BCUT2D eigenvalue weighted by Crippen LogP contribution is 2.31. The number of benzene rings is 2. The average Bonchev–Trinajstić information content (AvgIpc) is 2.66. The molecule has 0 aliphatic carbocycles. The Morgan fingerprint density at radius 2 is 1.70 bits per heavy atom. The molecule has 0 spiro atoms. The maximum Gasteiger partial charge on any atom is 0.248 e. The summed E-state index contributed by atoms with van der Waals surface area (Å²) in [6, 6.07) is 11.3. The van der Waals surface area contributed by atoms with Gasteiger partial charge in [-0.1, -0.05) is 12.1 Å². The maximum atomic E-state index is 12.1. The van der Waals surface area contributed by atoms with E-state index in [1.807, 2.05) is 0 Å². The van der Waals surface area contributed by atoms with Crippen molar-refractivity contribution in [1.82, 2.24) is 4.31 Å². The van der Waals surface area contributed by atoms with E-state index in [4.69, 9.17) is 9.47 Å². The van der Waals surface area contributed by atoms with E-state index < -0.39 is 10.0 Å². The fraction of sp³-hybridized carbons (Fsp3) is 0.211. The largest absolute Gasteiger partial charge is 0.493 e.